The van der Waals surface area contributed by atoms with E-state index in [1.807, 2.05) is 23.1 Å². The summed E-state index contributed by atoms with van der Waals surface area (Å²) >= 11 is 0. The number of amides is 1. The third kappa shape index (κ3) is 3.52. The summed E-state index contributed by atoms with van der Waals surface area (Å²) in [7, 11) is -3.85. The largest absolute Gasteiger partial charge is 0.337 e. The third-order valence-corrected chi connectivity index (χ3v) is 6.11. The van der Waals surface area contributed by atoms with E-state index < -0.39 is 10.0 Å². The summed E-state index contributed by atoms with van der Waals surface area (Å²) in [6.45, 7) is 7.34. The van der Waals surface area contributed by atoms with Crippen LogP contribution in [0.15, 0.2) is 53.4 Å². The lowest BCUT2D eigenvalue weighted by atomic mass is 9.78. The molecule has 1 amide bonds. The van der Waals surface area contributed by atoms with Crippen molar-refractivity contribution in [1.29, 1.82) is 0 Å². The highest BCUT2D eigenvalue weighted by atomic mass is 32.2. The van der Waals surface area contributed by atoms with Gasteiger partial charge in [-0.25, -0.2) is 13.6 Å². The van der Waals surface area contributed by atoms with Crippen LogP contribution in [-0.4, -0.2) is 32.3 Å². The summed E-state index contributed by atoms with van der Waals surface area (Å²) in [4.78, 5) is 14.9. The van der Waals surface area contributed by atoms with Crippen molar-refractivity contribution >= 4 is 15.9 Å². The van der Waals surface area contributed by atoms with Crippen molar-refractivity contribution < 1.29 is 13.2 Å². The number of carbonyl (C=O) groups is 1. The number of rotatable bonds is 3. The van der Waals surface area contributed by atoms with Crippen LogP contribution in [0.2, 0.25) is 0 Å². The van der Waals surface area contributed by atoms with Crippen LogP contribution in [0.25, 0.3) is 0 Å². The van der Waals surface area contributed by atoms with E-state index in [0.717, 1.165) is 5.56 Å². The van der Waals surface area contributed by atoms with Crippen molar-refractivity contribution in [3.05, 3.63) is 65.2 Å². The van der Waals surface area contributed by atoms with Gasteiger partial charge in [0.05, 0.1) is 4.90 Å². The smallest absolute Gasteiger partial charge is 0.254 e. The summed E-state index contributed by atoms with van der Waals surface area (Å²) < 4.78 is 23.3. The van der Waals surface area contributed by atoms with Gasteiger partial charge in [-0.05, 0) is 35.6 Å². The first-order valence-electron chi connectivity index (χ1n) is 8.57. The Kier molecular flexibility index (Phi) is 4.67. The van der Waals surface area contributed by atoms with Crippen LogP contribution in [0.4, 0.5) is 0 Å². The van der Waals surface area contributed by atoms with E-state index in [1.54, 1.807) is 13.0 Å². The first-order chi connectivity index (χ1) is 12.1. The molecule has 1 aliphatic heterocycles. The number of carbonyl (C=O) groups excluding carboxylic acids is 1. The number of nitrogens with two attached hydrogens (primary N) is 1. The lowest BCUT2D eigenvalue weighted by Crippen LogP contribution is -2.31. The minimum atomic E-state index is -3.85. The maximum absolute atomic E-state index is 13.1. The molecule has 0 aliphatic carbocycles. The summed E-state index contributed by atoms with van der Waals surface area (Å²) in [5.74, 6) is 0.0777. The van der Waals surface area contributed by atoms with E-state index in [2.05, 4.69) is 26.0 Å². The molecule has 1 heterocycles. The van der Waals surface area contributed by atoms with Gasteiger partial charge < -0.3 is 4.90 Å². The molecule has 6 heteroatoms. The van der Waals surface area contributed by atoms with Gasteiger partial charge in [-0.3, -0.25) is 4.79 Å². The molecule has 1 aliphatic rings. The number of aryl methyl sites for hydroxylation is 1. The van der Waals surface area contributed by atoms with Crippen LogP contribution in [-0.2, 0) is 10.0 Å². The van der Waals surface area contributed by atoms with E-state index in [1.165, 1.54) is 17.7 Å². The Hall–Kier alpha value is -2.18. The Bertz CT molecular complexity index is 937. The summed E-state index contributed by atoms with van der Waals surface area (Å²) in [5, 5.41) is 5.22. The SMILES string of the molecule is Cc1ccc(S(N)(=O)=O)cc1C(=O)N1C[C@H](c2ccccc2)C(C)(C)C1. The first kappa shape index (κ1) is 18.6. The Morgan fingerprint density at radius 1 is 1.15 bits per heavy atom. The van der Waals surface area contributed by atoms with E-state index in [4.69, 9.17) is 5.14 Å². The fourth-order valence-corrected chi connectivity index (χ4v) is 4.25. The number of hydrogen-bond acceptors (Lipinski definition) is 3. The number of primary sulfonamides is 1. The molecule has 0 bridgehead atoms. The van der Waals surface area contributed by atoms with Crippen molar-refractivity contribution in [2.24, 2.45) is 10.6 Å². The number of likely N-dealkylation sites (tertiary alicyclic amines) is 1. The summed E-state index contributed by atoms with van der Waals surface area (Å²) in [5.41, 5.74) is 2.27. The van der Waals surface area contributed by atoms with Gasteiger partial charge in [0.2, 0.25) is 10.0 Å². The van der Waals surface area contributed by atoms with Gasteiger partial charge in [0.15, 0.2) is 0 Å². The zero-order valence-corrected chi connectivity index (χ0v) is 16.1. The topological polar surface area (TPSA) is 80.5 Å². The average molecular weight is 372 g/mol. The molecule has 0 saturated carbocycles. The second-order valence-corrected chi connectivity index (χ2v) is 9.22. The van der Waals surface area contributed by atoms with Crippen molar-refractivity contribution in [3.8, 4) is 0 Å². The molecule has 3 rings (SSSR count). The summed E-state index contributed by atoms with van der Waals surface area (Å²) in [6, 6.07) is 14.6. The molecule has 0 unspecified atom stereocenters. The predicted octanol–water partition coefficient (Wildman–Crippen LogP) is 2.91. The number of sulfonamides is 1. The van der Waals surface area contributed by atoms with Crippen LogP contribution in [0, 0.1) is 12.3 Å². The number of benzene rings is 2. The van der Waals surface area contributed by atoms with E-state index >= 15 is 0 Å². The van der Waals surface area contributed by atoms with Crippen LogP contribution >= 0.6 is 0 Å². The van der Waals surface area contributed by atoms with Gasteiger partial charge in [-0.2, -0.15) is 0 Å². The van der Waals surface area contributed by atoms with Crippen LogP contribution in [0.3, 0.4) is 0 Å². The van der Waals surface area contributed by atoms with E-state index in [0.29, 0.717) is 18.7 Å². The highest BCUT2D eigenvalue weighted by molar-refractivity contribution is 7.89. The fraction of sp³-hybridized carbons (Fsp3) is 0.350. The average Bonchev–Trinajstić information content (AvgIpc) is 2.90. The van der Waals surface area contributed by atoms with Gasteiger partial charge in [-0.1, -0.05) is 50.2 Å². The van der Waals surface area contributed by atoms with E-state index in [9.17, 15) is 13.2 Å². The van der Waals surface area contributed by atoms with Crippen molar-refractivity contribution in [2.45, 2.75) is 31.6 Å². The molecule has 2 aromatic carbocycles. The molecule has 138 valence electrons. The number of nitrogens with zero attached hydrogens (tertiary/aromatic N) is 1. The molecule has 2 N–H and O–H groups in total. The maximum Gasteiger partial charge on any atom is 0.254 e. The van der Waals surface area contributed by atoms with E-state index in [-0.39, 0.29) is 22.1 Å². The minimum absolute atomic E-state index is 0.0375. The van der Waals surface area contributed by atoms with Crippen LogP contribution in [0.5, 0.6) is 0 Å². The maximum atomic E-state index is 13.1. The molecular formula is C20H24N2O3S. The second-order valence-electron chi connectivity index (χ2n) is 7.66. The quantitative estimate of drug-likeness (QED) is 0.899. The normalized spacial score (nSPS) is 19.5. The third-order valence-electron chi connectivity index (χ3n) is 5.20. The van der Waals surface area contributed by atoms with Crippen molar-refractivity contribution in [3.63, 3.8) is 0 Å². The second kappa shape index (κ2) is 6.52. The van der Waals surface area contributed by atoms with Crippen LogP contribution in [0.1, 0.15) is 41.3 Å². The van der Waals surface area contributed by atoms with Gasteiger partial charge in [-0.15, -0.1) is 0 Å². The monoisotopic (exact) mass is 372 g/mol. The van der Waals surface area contributed by atoms with Gasteiger partial charge in [0, 0.05) is 24.6 Å². The Labute approximate surface area is 154 Å². The highest BCUT2D eigenvalue weighted by Crippen LogP contribution is 2.42. The highest BCUT2D eigenvalue weighted by Gasteiger charge is 2.42. The number of hydrogen-bond donors (Lipinski definition) is 1. The molecule has 0 radical (unpaired) electrons. The van der Waals surface area contributed by atoms with Crippen molar-refractivity contribution in [2.75, 3.05) is 13.1 Å². The molecule has 26 heavy (non-hydrogen) atoms. The van der Waals surface area contributed by atoms with Crippen molar-refractivity contribution in [1.82, 2.24) is 4.90 Å². The Balaban J connectivity index is 1.92. The minimum Gasteiger partial charge on any atom is -0.337 e. The van der Waals surface area contributed by atoms with Crippen LogP contribution < -0.4 is 5.14 Å². The molecule has 1 atom stereocenters. The molecular weight excluding hydrogens is 348 g/mol. The predicted molar refractivity (Wildman–Crippen MR) is 101 cm³/mol. The summed E-state index contributed by atoms with van der Waals surface area (Å²) in [6.07, 6.45) is 0. The van der Waals surface area contributed by atoms with Gasteiger partial charge >= 0.3 is 0 Å². The molecule has 2 aromatic rings. The fourth-order valence-electron chi connectivity index (χ4n) is 3.71. The molecule has 0 aromatic heterocycles. The molecule has 1 fully saturated rings. The Morgan fingerprint density at radius 3 is 2.42 bits per heavy atom. The first-order valence-corrected chi connectivity index (χ1v) is 10.1. The molecule has 0 spiro atoms. The van der Waals surface area contributed by atoms with Gasteiger partial charge in [0.1, 0.15) is 0 Å². The standard InChI is InChI=1S/C20H24N2O3S/c1-14-9-10-16(26(21,24)25)11-17(14)19(23)22-12-18(20(2,3)13-22)15-7-5-4-6-8-15/h4-11,18H,12-13H2,1-3H3,(H2,21,24,25)/t18-/m1/s1. The molecule has 5 nitrogen and oxygen atoms in total. The lowest BCUT2D eigenvalue weighted by Gasteiger charge is -2.25. The Morgan fingerprint density at radius 2 is 1.81 bits per heavy atom. The zero-order chi connectivity index (χ0) is 19.1. The molecule has 1 saturated heterocycles. The zero-order valence-electron chi connectivity index (χ0n) is 15.3. The van der Waals surface area contributed by atoms with Gasteiger partial charge in [0.25, 0.3) is 5.91 Å². The lowest BCUT2D eigenvalue weighted by molar-refractivity contribution is 0.0777.